The number of nitrogens with zero attached hydrogens (tertiary/aromatic N) is 3. The second-order valence-electron chi connectivity index (χ2n) is 3.88. The smallest absolute Gasteiger partial charge is 0.302 e. The standard InChI is InChI=1S/C14H19N3O2/c1-3-4-7-17(9-10-19-13(2)18)8-5-6-14(11-15)12-16/h5-6,8H,3-4,7,9-10H2,1-2H3. The maximum atomic E-state index is 10.7. The first-order chi connectivity index (χ1) is 9.13. The molecule has 0 unspecified atom stereocenters. The minimum absolute atomic E-state index is 0.0617. The number of carbonyl (C=O) groups is 1. The zero-order chi connectivity index (χ0) is 14.5. The van der Waals surface area contributed by atoms with Gasteiger partial charge in [-0.2, -0.15) is 10.5 Å². The highest BCUT2D eigenvalue weighted by molar-refractivity contribution is 5.65. The SMILES string of the molecule is CCCCN(C=CC=C(C#N)C#N)CCOC(C)=O. The summed E-state index contributed by atoms with van der Waals surface area (Å²) in [5.41, 5.74) is 0.0617. The molecule has 0 spiro atoms. The van der Waals surface area contributed by atoms with Gasteiger partial charge in [0.25, 0.3) is 0 Å². The number of hydrogen-bond donors (Lipinski definition) is 0. The fourth-order valence-electron chi connectivity index (χ4n) is 1.29. The fourth-order valence-corrected chi connectivity index (χ4v) is 1.29. The predicted octanol–water partition coefficient (Wildman–Crippen LogP) is 2.14. The van der Waals surface area contributed by atoms with Crippen LogP contribution >= 0.6 is 0 Å². The number of unbranched alkanes of at least 4 members (excludes halogenated alkanes) is 1. The van der Waals surface area contributed by atoms with Crippen LogP contribution in [0.1, 0.15) is 26.7 Å². The molecule has 0 bridgehead atoms. The quantitative estimate of drug-likeness (QED) is 0.380. The van der Waals surface area contributed by atoms with Crippen molar-refractivity contribution < 1.29 is 9.53 Å². The Bertz CT molecular complexity index is 397. The molecule has 102 valence electrons. The van der Waals surface area contributed by atoms with Crippen LogP contribution in [-0.2, 0) is 9.53 Å². The largest absolute Gasteiger partial charge is 0.464 e. The van der Waals surface area contributed by atoms with Crippen LogP contribution in [0.4, 0.5) is 0 Å². The average molecular weight is 261 g/mol. The molecule has 0 N–H and O–H groups in total. The van der Waals surface area contributed by atoms with Crippen molar-refractivity contribution in [2.45, 2.75) is 26.7 Å². The lowest BCUT2D eigenvalue weighted by Gasteiger charge is -2.19. The fraction of sp³-hybridized carbons (Fsp3) is 0.500. The summed E-state index contributed by atoms with van der Waals surface area (Å²) < 4.78 is 4.89. The van der Waals surface area contributed by atoms with E-state index in [-0.39, 0.29) is 11.5 Å². The molecule has 0 aliphatic rings. The van der Waals surface area contributed by atoms with E-state index < -0.39 is 0 Å². The van der Waals surface area contributed by atoms with E-state index in [1.54, 1.807) is 24.4 Å². The predicted molar refractivity (Wildman–Crippen MR) is 71.6 cm³/mol. The third-order valence-corrected chi connectivity index (χ3v) is 2.28. The van der Waals surface area contributed by atoms with E-state index in [0.717, 1.165) is 19.4 Å². The van der Waals surface area contributed by atoms with Crippen LogP contribution in [-0.4, -0.2) is 30.6 Å². The third-order valence-electron chi connectivity index (χ3n) is 2.28. The second kappa shape index (κ2) is 10.9. The Morgan fingerprint density at radius 1 is 1.32 bits per heavy atom. The van der Waals surface area contributed by atoms with Gasteiger partial charge in [-0.1, -0.05) is 13.3 Å². The van der Waals surface area contributed by atoms with Gasteiger partial charge in [0, 0.05) is 13.5 Å². The number of hydrogen-bond acceptors (Lipinski definition) is 5. The maximum absolute atomic E-state index is 10.7. The van der Waals surface area contributed by atoms with Crippen LogP contribution in [0.5, 0.6) is 0 Å². The van der Waals surface area contributed by atoms with E-state index in [0.29, 0.717) is 13.2 Å². The molecule has 0 heterocycles. The molecule has 0 saturated heterocycles. The van der Waals surface area contributed by atoms with E-state index in [4.69, 9.17) is 15.3 Å². The summed E-state index contributed by atoms with van der Waals surface area (Å²) in [5.74, 6) is -0.296. The van der Waals surface area contributed by atoms with Crippen LogP contribution in [0.2, 0.25) is 0 Å². The minimum Gasteiger partial charge on any atom is -0.464 e. The molecule has 0 radical (unpaired) electrons. The van der Waals surface area contributed by atoms with Gasteiger partial charge in [-0.25, -0.2) is 0 Å². The lowest BCUT2D eigenvalue weighted by Crippen LogP contribution is -2.24. The van der Waals surface area contributed by atoms with E-state index >= 15 is 0 Å². The lowest BCUT2D eigenvalue weighted by atomic mass is 10.3. The highest BCUT2D eigenvalue weighted by atomic mass is 16.5. The summed E-state index contributed by atoms with van der Waals surface area (Å²) in [6.07, 6.45) is 7.01. The number of esters is 1. The molecule has 0 fully saturated rings. The van der Waals surface area contributed by atoms with Gasteiger partial charge in [0.2, 0.25) is 0 Å². The molecule has 0 aliphatic heterocycles. The van der Waals surface area contributed by atoms with E-state index in [1.807, 2.05) is 4.90 Å². The first-order valence-electron chi connectivity index (χ1n) is 6.20. The number of allylic oxidation sites excluding steroid dienone is 3. The highest BCUT2D eigenvalue weighted by Crippen LogP contribution is 1.98. The summed E-state index contributed by atoms with van der Waals surface area (Å²) in [5, 5.41) is 17.2. The molecule has 0 atom stereocenters. The maximum Gasteiger partial charge on any atom is 0.302 e. The number of carbonyl (C=O) groups excluding carboxylic acids is 1. The Labute approximate surface area is 114 Å². The minimum atomic E-state index is -0.296. The van der Waals surface area contributed by atoms with Crippen LogP contribution < -0.4 is 0 Å². The molecule has 5 nitrogen and oxygen atoms in total. The van der Waals surface area contributed by atoms with E-state index in [9.17, 15) is 4.79 Å². The Balaban J connectivity index is 4.38. The number of nitriles is 2. The zero-order valence-corrected chi connectivity index (χ0v) is 11.4. The summed E-state index contributed by atoms with van der Waals surface area (Å²) >= 11 is 0. The first kappa shape index (κ1) is 16.7. The van der Waals surface area contributed by atoms with Crippen molar-refractivity contribution in [2.24, 2.45) is 0 Å². The Morgan fingerprint density at radius 3 is 2.53 bits per heavy atom. The van der Waals surface area contributed by atoms with Gasteiger partial charge in [0.05, 0.1) is 6.54 Å². The van der Waals surface area contributed by atoms with Crippen molar-refractivity contribution in [3.8, 4) is 12.1 Å². The molecular weight excluding hydrogens is 242 g/mol. The van der Waals surface area contributed by atoms with Crippen molar-refractivity contribution in [3.05, 3.63) is 23.9 Å². The van der Waals surface area contributed by atoms with Crippen molar-refractivity contribution in [3.63, 3.8) is 0 Å². The monoisotopic (exact) mass is 261 g/mol. The van der Waals surface area contributed by atoms with Crippen molar-refractivity contribution in [2.75, 3.05) is 19.7 Å². The van der Waals surface area contributed by atoms with Crippen molar-refractivity contribution in [1.29, 1.82) is 10.5 Å². The summed E-state index contributed by atoms with van der Waals surface area (Å²) in [4.78, 5) is 12.7. The number of ether oxygens (including phenoxy) is 1. The molecule has 5 heteroatoms. The second-order valence-corrected chi connectivity index (χ2v) is 3.88. The zero-order valence-electron chi connectivity index (χ0n) is 11.4. The summed E-state index contributed by atoms with van der Waals surface area (Å²) in [6.45, 7) is 5.24. The molecule has 0 aliphatic carbocycles. The van der Waals surface area contributed by atoms with E-state index in [1.165, 1.54) is 13.0 Å². The van der Waals surface area contributed by atoms with Gasteiger partial charge in [-0.3, -0.25) is 4.79 Å². The number of rotatable bonds is 8. The molecule has 0 aromatic heterocycles. The molecule has 0 saturated carbocycles. The summed E-state index contributed by atoms with van der Waals surface area (Å²) in [7, 11) is 0. The Kier molecular flexibility index (Phi) is 9.56. The molecule has 0 amide bonds. The van der Waals surface area contributed by atoms with Crippen LogP contribution in [0.15, 0.2) is 23.9 Å². The third kappa shape index (κ3) is 9.43. The molecular formula is C14H19N3O2. The van der Waals surface area contributed by atoms with Crippen molar-refractivity contribution >= 4 is 5.97 Å². The molecule has 0 aromatic carbocycles. The van der Waals surface area contributed by atoms with Gasteiger partial charge >= 0.3 is 5.97 Å². The Morgan fingerprint density at radius 2 is 2.00 bits per heavy atom. The molecule has 0 rings (SSSR count). The molecule has 0 aromatic rings. The van der Waals surface area contributed by atoms with Crippen LogP contribution in [0.3, 0.4) is 0 Å². The van der Waals surface area contributed by atoms with Gasteiger partial charge in [0.1, 0.15) is 24.3 Å². The normalized spacial score (nSPS) is 9.47. The average Bonchev–Trinajstić information content (AvgIpc) is 2.39. The van der Waals surface area contributed by atoms with Gasteiger partial charge in [-0.15, -0.1) is 0 Å². The van der Waals surface area contributed by atoms with Crippen LogP contribution in [0.25, 0.3) is 0 Å². The summed E-state index contributed by atoms with van der Waals surface area (Å²) in [6, 6.07) is 3.58. The van der Waals surface area contributed by atoms with Crippen LogP contribution in [0, 0.1) is 22.7 Å². The van der Waals surface area contributed by atoms with Crippen molar-refractivity contribution in [1.82, 2.24) is 4.90 Å². The van der Waals surface area contributed by atoms with Gasteiger partial charge in [-0.05, 0) is 24.8 Å². The van der Waals surface area contributed by atoms with Gasteiger partial charge < -0.3 is 9.64 Å². The van der Waals surface area contributed by atoms with E-state index in [2.05, 4.69) is 6.92 Å². The first-order valence-corrected chi connectivity index (χ1v) is 6.20. The topological polar surface area (TPSA) is 77.1 Å². The highest BCUT2D eigenvalue weighted by Gasteiger charge is 2.00. The lowest BCUT2D eigenvalue weighted by molar-refractivity contribution is -0.141. The van der Waals surface area contributed by atoms with Gasteiger partial charge in [0.15, 0.2) is 0 Å². The Hall–Kier alpha value is -2.27. The molecule has 19 heavy (non-hydrogen) atoms.